The van der Waals surface area contributed by atoms with Crippen LogP contribution in [-0.4, -0.2) is 50.4 Å². The zero-order valence-corrected chi connectivity index (χ0v) is 26.7. The molecule has 0 fully saturated rings. The van der Waals surface area contributed by atoms with E-state index in [1.54, 1.807) is 20.8 Å². The van der Waals surface area contributed by atoms with Crippen molar-refractivity contribution in [2.24, 2.45) is 0 Å². The van der Waals surface area contributed by atoms with E-state index in [1.807, 2.05) is 30.3 Å². The number of ether oxygens (including phenoxy) is 1. The van der Waals surface area contributed by atoms with Crippen LogP contribution < -0.4 is 14.4 Å². The van der Waals surface area contributed by atoms with Crippen molar-refractivity contribution >= 4 is 27.5 Å². The van der Waals surface area contributed by atoms with Gasteiger partial charge in [0.1, 0.15) is 30.0 Å². The molecular formula is C35H37F2N3O5S. The molecule has 0 saturated carbocycles. The number of halogens is 2. The highest BCUT2D eigenvalue weighted by atomic mass is 32.2. The quantitative estimate of drug-likeness (QED) is 0.189. The summed E-state index contributed by atoms with van der Waals surface area (Å²) >= 11 is 0. The highest BCUT2D eigenvalue weighted by Crippen LogP contribution is 2.27. The lowest BCUT2D eigenvalue weighted by Crippen LogP contribution is -2.54. The van der Waals surface area contributed by atoms with E-state index in [1.165, 1.54) is 65.6 Å². The maximum absolute atomic E-state index is 14.4. The third-order valence-corrected chi connectivity index (χ3v) is 8.87. The first-order valence-electron chi connectivity index (χ1n) is 14.9. The summed E-state index contributed by atoms with van der Waals surface area (Å²) in [4.78, 5) is 29.3. The van der Waals surface area contributed by atoms with Gasteiger partial charge in [-0.3, -0.25) is 13.9 Å². The van der Waals surface area contributed by atoms with Crippen LogP contribution in [0.15, 0.2) is 108 Å². The van der Waals surface area contributed by atoms with Crippen LogP contribution in [0.25, 0.3) is 0 Å². The molecule has 0 aliphatic heterocycles. The van der Waals surface area contributed by atoms with Crippen molar-refractivity contribution in [1.29, 1.82) is 0 Å². The second-order valence-electron chi connectivity index (χ2n) is 10.9. The molecule has 0 unspecified atom stereocenters. The minimum absolute atomic E-state index is 0.0524. The first-order chi connectivity index (χ1) is 22.0. The molecule has 0 aliphatic rings. The highest BCUT2D eigenvalue weighted by Gasteiger charge is 2.35. The lowest BCUT2D eigenvalue weighted by Gasteiger charge is -2.34. The molecule has 0 aliphatic carbocycles. The van der Waals surface area contributed by atoms with E-state index in [2.05, 4.69) is 5.32 Å². The van der Waals surface area contributed by atoms with Gasteiger partial charge in [-0.2, -0.15) is 0 Å². The molecule has 0 bridgehead atoms. The number of hydrogen-bond acceptors (Lipinski definition) is 5. The summed E-state index contributed by atoms with van der Waals surface area (Å²) in [5, 5.41) is 2.88. The standard InChI is InChI=1S/C35H37F2N3O5S/c1-4-45-31-18-20-32(21-19-31)46(43,44)40(30-16-14-29(37)15-17-30)24-34(41)39(23-27-10-12-28(36)13-11-27)33(35(42)38-25(2)3)22-26-8-6-5-7-9-26/h5-21,25,33H,4,22-24H2,1-3H3,(H,38,42)/t33-/m0/s1. The van der Waals surface area contributed by atoms with E-state index < -0.39 is 46.1 Å². The SMILES string of the molecule is CCOc1ccc(S(=O)(=O)N(CC(=O)N(Cc2ccc(F)cc2)[C@@H](Cc2ccccc2)C(=O)NC(C)C)c2ccc(F)cc2)cc1. The maximum atomic E-state index is 14.4. The van der Waals surface area contributed by atoms with Gasteiger partial charge >= 0.3 is 0 Å². The second kappa shape index (κ2) is 15.5. The Morgan fingerprint density at radius 2 is 1.39 bits per heavy atom. The minimum atomic E-state index is -4.37. The lowest BCUT2D eigenvalue weighted by atomic mass is 10.0. The van der Waals surface area contributed by atoms with Crippen molar-refractivity contribution in [3.63, 3.8) is 0 Å². The fraction of sp³-hybridized carbons (Fsp3) is 0.257. The topological polar surface area (TPSA) is 96.0 Å². The molecule has 4 aromatic carbocycles. The third-order valence-electron chi connectivity index (χ3n) is 7.08. The Labute approximate surface area is 268 Å². The van der Waals surface area contributed by atoms with Gasteiger partial charge in [0.2, 0.25) is 11.8 Å². The minimum Gasteiger partial charge on any atom is -0.494 e. The summed E-state index contributed by atoms with van der Waals surface area (Å²) in [5.74, 6) is -1.71. The van der Waals surface area contributed by atoms with Gasteiger partial charge in [-0.15, -0.1) is 0 Å². The van der Waals surface area contributed by atoms with Crippen molar-refractivity contribution < 1.29 is 31.5 Å². The van der Waals surface area contributed by atoms with Crippen molar-refractivity contribution in [3.05, 3.63) is 126 Å². The number of benzene rings is 4. The summed E-state index contributed by atoms with van der Waals surface area (Å²) in [6.07, 6.45) is 0.133. The number of sulfonamides is 1. The summed E-state index contributed by atoms with van der Waals surface area (Å²) in [6, 6.07) is 23.8. The molecule has 0 heterocycles. The van der Waals surface area contributed by atoms with Crippen LogP contribution in [0.3, 0.4) is 0 Å². The Hall–Kier alpha value is -4.77. The Morgan fingerprint density at radius 3 is 1.96 bits per heavy atom. The van der Waals surface area contributed by atoms with E-state index >= 15 is 0 Å². The molecule has 0 spiro atoms. The summed E-state index contributed by atoms with van der Waals surface area (Å²) in [6.45, 7) is 4.97. The maximum Gasteiger partial charge on any atom is 0.264 e. The van der Waals surface area contributed by atoms with Crippen molar-refractivity contribution in [2.75, 3.05) is 17.5 Å². The Bertz CT molecular complexity index is 1700. The fourth-order valence-electron chi connectivity index (χ4n) is 4.86. The predicted molar refractivity (Wildman–Crippen MR) is 173 cm³/mol. The van der Waals surface area contributed by atoms with E-state index in [4.69, 9.17) is 4.74 Å². The van der Waals surface area contributed by atoms with Crippen molar-refractivity contribution in [1.82, 2.24) is 10.2 Å². The van der Waals surface area contributed by atoms with Gasteiger partial charge in [-0.1, -0.05) is 42.5 Å². The van der Waals surface area contributed by atoms with Crippen LogP contribution in [0.1, 0.15) is 31.9 Å². The third kappa shape index (κ3) is 8.91. The molecule has 4 rings (SSSR count). The van der Waals surface area contributed by atoms with Crippen molar-refractivity contribution in [2.45, 2.75) is 50.7 Å². The average Bonchev–Trinajstić information content (AvgIpc) is 3.03. The molecule has 0 radical (unpaired) electrons. The van der Waals surface area contributed by atoms with Crippen molar-refractivity contribution in [3.8, 4) is 5.75 Å². The normalized spacial score (nSPS) is 12.0. The number of hydrogen-bond donors (Lipinski definition) is 1. The first-order valence-corrected chi connectivity index (χ1v) is 16.3. The van der Waals surface area contributed by atoms with Gasteiger partial charge in [0.25, 0.3) is 10.0 Å². The smallest absolute Gasteiger partial charge is 0.264 e. The van der Waals surface area contributed by atoms with E-state index in [-0.39, 0.29) is 29.6 Å². The number of carbonyl (C=O) groups is 2. The fourth-order valence-corrected chi connectivity index (χ4v) is 6.27. The van der Waals surface area contributed by atoms with Gasteiger partial charge in [0.05, 0.1) is 17.2 Å². The number of rotatable bonds is 14. The molecule has 11 heteroatoms. The van der Waals surface area contributed by atoms with Crippen LogP contribution in [0.4, 0.5) is 14.5 Å². The van der Waals surface area contributed by atoms with E-state index in [9.17, 15) is 26.8 Å². The molecule has 1 atom stereocenters. The summed E-state index contributed by atoms with van der Waals surface area (Å²) in [7, 11) is -4.37. The molecule has 8 nitrogen and oxygen atoms in total. The summed E-state index contributed by atoms with van der Waals surface area (Å²) < 4.78 is 62.2. The average molecular weight is 650 g/mol. The molecular weight excluding hydrogens is 612 g/mol. The van der Waals surface area contributed by atoms with Crippen LogP contribution in [0.5, 0.6) is 5.75 Å². The predicted octanol–water partition coefficient (Wildman–Crippen LogP) is 5.72. The van der Waals surface area contributed by atoms with Crippen LogP contribution in [0, 0.1) is 11.6 Å². The van der Waals surface area contributed by atoms with E-state index in [0.29, 0.717) is 17.9 Å². The van der Waals surface area contributed by atoms with Gasteiger partial charge in [-0.25, -0.2) is 17.2 Å². The molecule has 46 heavy (non-hydrogen) atoms. The monoisotopic (exact) mass is 649 g/mol. The largest absolute Gasteiger partial charge is 0.494 e. The number of nitrogens with one attached hydrogen (secondary N) is 1. The highest BCUT2D eigenvalue weighted by molar-refractivity contribution is 7.92. The van der Waals surface area contributed by atoms with Gasteiger partial charge in [0.15, 0.2) is 0 Å². The van der Waals surface area contributed by atoms with Gasteiger partial charge in [0, 0.05) is 19.0 Å². The molecule has 242 valence electrons. The molecule has 0 saturated heterocycles. The Morgan fingerprint density at radius 1 is 0.804 bits per heavy atom. The van der Waals surface area contributed by atoms with Gasteiger partial charge in [-0.05, 0) is 92.6 Å². The van der Waals surface area contributed by atoms with E-state index in [0.717, 1.165) is 22.0 Å². The number of carbonyl (C=O) groups excluding carboxylic acids is 2. The van der Waals surface area contributed by atoms with Crippen LogP contribution in [-0.2, 0) is 32.6 Å². The Balaban J connectivity index is 1.79. The number of amides is 2. The molecule has 0 aromatic heterocycles. The zero-order valence-electron chi connectivity index (χ0n) is 25.9. The first kappa shape index (κ1) is 34.1. The number of anilines is 1. The van der Waals surface area contributed by atoms with Gasteiger partial charge < -0.3 is 15.0 Å². The molecule has 1 N–H and O–H groups in total. The summed E-state index contributed by atoms with van der Waals surface area (Å²) in [5.41, 5.74) is 1.37. The molecule has 2 amide bonds. The van der Waals surface area contributed by atoms with Crippen LogP contribution >= 0.6 is 0 Å². The van der Waals surface area contributed by atoms with Crippen LogP contribution in [0.2, 0.25) is 0 Å². The second-order valence-corrected chi connectivity index (χ2v) is 12.8. The molecule has 4 aromatic rings. The lowest BCUT2D eigenvalue weighted by molar-refractivity contribution is -0.140. The zero-order chi connectivity index (χ0) is 33.3. The Kier molecular flexibility index (Phi) is 11.5. The number of nitrogens with zero attached hydrogens (tertiary/aromatic N) is 2.